The number of carboxylic acids is 1. The summed E-state index contributed by atoms with van der Waals surface area (Å²) in [5, 5.41) is 9.03. The third-order valence-corrected chi connectivity index (χ3v) is 3.41. The molecule has 0 fully saturated rings. The van der Waals surface area contributed by atoms with Gasteiger partial charge in [-0.05, 0) is 32.7 Å². The fourth-order valence-electron chi connectivity index (χ4n) is 2.22. The molecular formula is C13H22N2O3. The topological polar surface area (TPSA) is 60.9 Å². The van der Waals surface area contributed by atoms with E-state index in [2.05, 4.69) is 6.08 Å². The van der Waals surface area contributed by atoms with E-state index < -0.39 is 12.0 Å². The Hall–Kier alpha value is -1.36. The van der Waals surface area contributed by atoms with Crippen molar-refractivity contribution in [2.24, 2.45) is 0 Å². The van der Waals surface area contributed by atoms with Gasteiger partial charge in [-0.2, -0.15) is 0 Å². The van der Waals surface area contributed by atoms with E-state index in [0.29, 0.717) is 6.42 Å². The Bertz CT molecular complexity index is 352. The Morgan fingerprint density at radius 2 is 2.11 bits per heavy atom. The number of carbonyl (C=O) groups excluding carboxylic acids is 1. The highest BCUT2D eigenvalue weighted by Crippen LogP contribution is 2.20. The number of aliphatic carboxylic acids is 1. The molecule has 0 saturated heterocycles. The molecule has 0 radical (unpaired) electrons. The van der Waals surface area contributed by atoms with Crippen LogP contribution in [0.4, 0.5) is 0 Å². The second-order valence-corrected chi connectivity index (χ2v) is 4.72. The fraction of sp³-hybridized carbons (Fsp3) is 0.692. The monoisotopic (exact) mass is 254 g/mol. The van der Waals surface area contributed by atoms with Gasteiger partial charge in [0.1, 0.15) is 6.04 Å². The zero-order valence-corrected chi connectivity index (χ0v) is 11.3. The van der Waals surface area contributed by atoms with Crippen LogP contribution < -0.4 is 0 Å². The summed E-state index contributed by atoms with van der Waals surface area (Å²) in [6.45, 7) is 1.95. The molecule has 0 aromatic carbocycles. The van der Waals surface area contributed by atoms with Crippen LogP contribution in [0.1, 0.15) is 32.6 Å². The average Bonchev–Trinajstić information content (AvgIpc) is 2.81. The lowest BCUT2D eigenvalue weighted by molar-refractivity contribution is -0.143. The van der Waals surface area contributed by atoms with Crippen LogP contribution in [0.3, 0.4) is 0 Å². The van der Waals surface area contributed by atoms with Crippen molar-refractivity contribution in [2.75, 3.05) is 20.6 Å². The highest BCUT2D eigenvalue weighted by atomic mass is 16.4. The first-order valence-corrected chi connectivity index (χ1v) is 6.36. The predicted octanol–water partition coefficient (Wildman–Crippen LogP) is 1.31. The van der Waals surface area contributed by atoms with Crippen LogP contribution in [0, 0.1) is 0 Å². The summed E-state index contributed by atoms with van der Waals surface area (Å²) in [4.78, 5) is 26.3. The van der Waals surface area contributed by atoms with Gasteiger partial charge in [-0.25, -0.2) is 0 Å². The summed E-state index contributed by atoms with van der Waals surface area (Å²) in [7, 11) is 3.44. The summed E-state index contributed by atoms with van der Waals surface area (Å²) in [6.07, 6.45) is 5.62. The molecule has 1 rings (SSSR count). The molecule has 0 aliphatic heterocycles. The van der Waals surface area contributed by atoms with E-state index in [1.807, 2.05) is 6.92 Å². The summed E-state index contributed by atoms with van der Waals surface area (Å²) in [5.41, 5.74) is 1.05. The Balaban J connectivity index is 2.55. The number of likely N-dealkylation sites (N-methyl/N-ethyl adjacent to an activating group) is 2. The average molecular weight is 254 g/mol. The lowest BCUT2D eigenvalue weighted by Crippen LogP contribution is -2.44. The molecule has 1 N–H and O–H groups in total. The molecule has 0 bridgehead atoms. The van der Waals surface area contributed by atoms with Gasteiger partial charge in [0.15, 0.2) is 0 Å². The summed E-state index contributed by atoms with van der Waals surface area (Å²) >= 11 is 0. The number of hydrogen-bond acceptors (Lipinski definition) is 3. The number of rotatable bonds is 6. The highest BCUT2D eigenvalue weighted by Gasteiger charge is 2.24. The van der Waals surface area contributed by atoms with Crippen molar-refractivity contribution in [3.63, 3.8) is 0 Å². The SMILES string of the molecule is CCC(C(=O)O)N(C)CC(=O)N(C)C1=CCCC1. The number of carboxylic acid groups (broad SMARTS) is 1. The van der Waals surface area contributed by atoms with E-state index in [-0.39, 0.29) is 12.5 Å². The summed E-state index contributed by atoms with van der Waals surface area (Å²) in [6, 6.07) is -0.597. The minimum atomic E-state index is -0.879. The molecule has 18 heavy (non-hydrogen) atoms. The largest absolute Gasteiger partial charge is 0.480 e. The molecule has 0 spiro atoms. The molecule has 1 amide bonds. The smallest absolute Gasteiger partial charge is 0.320 e. The number of nitrogens with zero attached hydrogens (tertiary/aromatic N) is 2. The Morgan fingerprint density at radius 3 is 2.56 bits per heavy atom. The maximum absolute atomic E-state index is 12.0. The molecule has 1 unspecified atom stereocenters. The molecule has 5 heteroatoms. The minimum Gasteiger partial charge on any atom is -0.480 e. The van der Waals surface area contributed by atoms with Crippen LogP contribution in [0.2, 0.25) is 0 Å². The second kappa shape index (κ2) is 6.54. The van der Waals surface area contributed by atoms with E-state index in [1.165, 1.54) is 0 Å². The molecule has 5 nitrogen and oxygen atoms in total. The van der Waals surface area contributed by atoms with Crippen molar-refractivity contribution in [3.8, 4) is 0 Å². The quantitative estimate of drug-likeness (QED) is 0.776. The van der Waals surface area contributed by atoms with Gasteiger partial charge in [-0.3, -0.25) is 14.5 Å². The summed E-state index contributed by atoms with van der Waals surface area (Å²) in [5.74, 6) is -0.930. The maximum Gasteiger partial charge on any atom is 0.320 e. The number of amides is 1. The van der Waals surface area contributed by atoms with Gasteiger partial charge < -0.3 is 10.0 Å². The van der Waals surface area contributed by atoms with Gasteiger partial charge in [0, 0.05) is 12.7 Å². The normalized spacial score (nSPS) is 16.6. The first kappa shape index (κ1) is 14.7. The first-order chi connectivity index (χ1) is 8.47. The summed E-state index contributed by atoms with van der Waals surface area (Å²) < 4.78 is 0. The Kier molecular flexibility index (Phi) is 5.34. The van der Waals surface area contributed by atoms with Crippen LogP contribution in [0.5, 0.6) is 0 Å². The minimum absolute atomic E-state index is 0.0506. The molecular weight excluding hydrogens is 232 g/mol. The third-order valence-electron chi connectivity index (χ3n) is 3.41. The zero-order valence-electron chi connectivity index (χ0n) is 11.3. The number of hydrogen-bond donors (Lipinski definition) is 1. The predicted molar refractivity (Wildman–Crippen MR) is 69.0 cm³/mol. The van der Waals surface area contributed by atoms with Crippen molar-refractivity contribution in [2.45, 2.75) is 38.6 Å². The van der Waals surface area contributed by atoms with Crippen molar-refractivity contribution in [3.05, 3.63) is 11.8 Å². The maximum atomic E-state index is 12.0. The zero-order chi connectivity index (χ0) is 13.7. The van der Waals surface area contributed by atoms with Gasteiger partial charge in [0.25, 0.3) is 0 Å². The van der Waals surface area contributed by atoms with Crippen molar-refractivity contribution < 1.29 is 14.7 Å². The number of allylic oxidation sites excluding steroid dienone is 2. The molecule has 1 aliphatic rings. The van der Waals surface area contributed by atoms with Crippen LogP contribution in [0.25, 0.3) is 0 Å². The van der Waals surface area contributed by atoms with E-state index in [0.717, 1.165) is 25.0 Å². The van der Waals surface area contributed by atoms with Crippen LogP contribution in [-0.2, 0) is 9.59 Å². The van der Waals surface area contributed by atoms with Gasteiger partial charge in [-0.15, -0.1) is 0 Å². The molecule has 0 aromatic rings. The van der Waals surface area contributed by atoms with E-state index in [9.17, 15) is 9.59 Å². The highest BCUT2D eigenvalue weighted by molar-refractivity contribution is 5.81. The lowest BCUT2D eigenvalue weighted by Gasteiger charge is -2.26. The molecule has 0 heterocycles. The van der Waals surface area contributed by atoms with Crippen LogP contribution in [0.15, 0.2) is 11.8 Å². The molecule has 102 valence electrons. The van der Waals surface area contributed by atoms with Crippen molar-refractivity contribution >= 4 is 11.9 Å². The molecule has 0 saturated carbocycles. The van der Waals surface area contributed by atoms with Gasteiger partial charge >= 0.3 is 5.97 Å². The van der Waals surface area contributed by atoms with Gasteiger partial charge in [0.05, 0.1) is 6.54 Å². The second-order valence-electron chi connectivity index (χ2n) is 4.72. The number of carbonyl (C=O) groups is 2. The first-order valence-electron chi connectivity index (χ1n) is 6.36. The fourth-order valence-corrected chi connectivity index (χ4v) is 2.22. The van der Waals surface area contributed by atoms with Crippen LogP contribution >= 0.6 is 0 Å². The van der Waals surface area contributed by atoms with Crippen LogP contribution in [-0.4, -0.2) is 53.5 Å². The van der Waals surface area contributed by atoms with Crippen molar-refractivity contribution in [1.29, 1.82) is 0 Å². The Morgan fingerprint density at radius 1 is 1.44 bits per heavy atom. The standard InChI is InChI=1S/C13H22N2O3/c1-4-11(13(17)18)14(2)9-12(16)15(3)10-7-5-6-8-10/h7,11H,4-6,8-9H2,1-3H3,(H,17,18). The molecule has 0 aromatic heterocycles. The molecule has 1 atom stereocenters. The lowest BCUT2D eigenvalue weighted by atomic mass is 10.2. The van der Waals surface area contributed by atoms with E-state index in [4.69, 9.17) is 5.11 Å². The van der Waals surface area contributed by atoms with Gasteiger partial charge in [0.2, 0.25) is 5.91 Å². The van der Waals surface area contributed by atoms with E-state index >= 15 is 0 Å². The molecule has 1 aliphatic carbocycles. The van der Waals surface area contributed by atoms with Gasteiger partial charge in [-0.1, -0.05) is 13.0 Å². The van der Waals surface area contributed by atoms with E-state index in [1.54, 1.807) is 23.9 Å². The van der Waals surface area contributed by atoms with Crippen molar-refractivity contribution in [1.82, 2.24) is 9.80 Å². The third kappa shape index (κ3) is 3.57. The Labute approximate surface area is 108 Å².